The summed E-state index contributed by atoms with van der Waals surface area (Å²) in [4.78, 5) is 14.4. The summed E-state index contributed by atoms with van der Waals surface area (Å²) in [5.74, 6) is -1.45. The quantitative estimate of drug-likeness (QED) is 0.805. The van der Waals surface area contributed by atoms with Gasteiger partial charge in [0.2, 0.25) is 0 Å². The Hall–Kier alpha value is -2.32. The second-order valence-electron chi connectivity index (χ2n) is 3.56. The number of halogens is 3. The highest BCUT2D eigenvalue weighted by Crippen LogP contribution is 2.36. The lowest BCUT2D eigenvalue weighted by Crippen LogP contribution is -2.09. The second kappa shape index (κ2) is 3.59. The topological polar surface area (TPSA) is 94.0 Å². The van der Waals surface area contributed by atoms with Crippen molar-refractivity contribution < 1.29 is 23.1 Å². The molecule has 0 fully saturated rings. The van der Waals surface area contributed by atoms with E-state index in [-0.39, 0.29) is 5.65 Å². The van der Waals surface area contributed by atoms with Crippen molar-refractivity contribution in [1.29, 1.82) is 0 Å². The molecule has 0 unspecified atom stereocenters. The van der Waals surface area contributed by atoms with E-state index in [1.807, 2.05) is 0 Å². The average Bonchev–Trinajstić information content (AvgIpc) is 2.56. The molecule has 0 atom stereocenters. The molecule has 0 saturated heterocycles. The fraction of sp³-hybridized carbons (Fsp3) is 0.222. The first-order valence-electron chi connectivity index (χ1n) is 4.65. The number of aromatic nitrogens is 3. The third-order valence-electron chi connectivity index (χ3n) is 2.39. The highest BCUT2D eigenvalue weighted by Gasteiger charge is 2.38. The Balaban J connectivity index is 2.90. The molecule has 0 bridgehead atoms. The Morgan fingerprint density at radius 1 is 1.50 bits per heavy atom. The number of hydrogen-bond donors (Lipinski definition) is 2. The van der Waals surface area contributed by atoms with Gasteiger partial charge in [-0.3, -0.25) is 0 Å². The van der Waals surface area contributed by atoms with Gasteiger partial charge in [-0.1, -0.05) is 0 Å². The fourth-order valence-electron chi connectivity index (χ4n) is 1.61. The van der Waals surface area contributed by atoms with Crippen molar-refractivity contribution in [2.24, 2.45) is 7.05 Å². The van der Waals surface area contributed by atoms with Crippen LogP contribution in [-0.2, 0) is 13.2 Å². The number of aryl methyl sites for hydroxylation is 1. The van der Waals surface area contributed by atoms with Gasteiger partial charge >= 0.3 is 12.1 Å². The van der Waals surface area contributed by atoms with Crippen LogP contribution in [0.25, 0.3) is 11.0 Å². The van der Waals surface area contributed by atoms with Crippen molar-refractivity contribution in [3.05, 3.63) is 17.5 Å². The average molecular weight is 260 g/mol. The van der Waals surface area contributed by atoms with Crippen LogP contribution in [0.1, 0.15) is 16.1 Å². The van der Waals surface area contributed by atoms with Gasteiger partial charge in [0.25, 0.3) is 0 Å². The van der Waals surface area contributed by atoms with Crippen LogP contribution in [0.5, 0.6) is 0 Å². The van der Waals surface area contributed by atoms with E-state index < -0.39 is 34.5 Å². The Morgan fingerprint density at radius 3 is 2.61 bits per heavy atom. The van der Waals surface area contributed by atoms with Gasteiger partial charge in [0.05, 0.1) is 11.1 Å². The van der Waals surface area contributed by atoms with Crippen molar-refractivity contribution in [1.82, 2.24) is 14.8 Å². The zero-order valence-electron chi connectivity index (χ0n) is 8.99. The number of alkyl halides is 3. The van der Waals surface area contributed by atoms with Gasteiger partial charge in [0.15, 0.2) is 11.3 Å². The number of nitrogens with two attached hydrogens (primary N) is 1. The van der Waals surface area contributed by atoms with Crippen LogP contribution in [-0.4, -0.2) is 25.8 Å². The maximum Gasteiger partial charge on any atom is 0.435 e. The Morgan fingerprint density at radius 2 is 2.11 bits per heavy atom. The van der Waals surface area contributed by atoms with Crippen LogP contribution in [0.2, 0.25) is 0 Å². The van der Waals surface area contributed by atoms with E-state index >= 15 is 0 Å². The number of anilines is 1. The first kappa shape index (κ1) is 12.1. The van der Waals surface area contributed by atoms with Gasteiger partial charge in [-0.05, 0) is 0 Å². The first-order valence-corrected chi connectivity index (χ1v) is 4.65. The zero-order valence-corrected chi connectivity index (χ0v) is 8.99. The van der Waals surface area contributed by atoms with Gasteiger partial charge in [-0.15, -0.1) is 0 Å². The molecule has 0 amide bonds. The second-order valence-corrected chi connectivity index (χ2v) is 3.56. The van der Waals surface area contributed by atoms with Crippen LogP contribution in [0.4, 0.5) is 18.9 Å². The molecule has 0 aliphatic rings. The first-order chi connectivity index (χ1) is 8.23. The number of aromatic carboxylic acids is 1. The van der Waals surface area contributed by atoms with Crippen LogP contribution in [0.3, 0.4) is 0 Å². The smallest absolute Gasteiger partial charge is 0.435 e. The molecule has 0 spiro atoms. The number of nitrogen functional groups attached to an aromatic ring is 1. The summed E-state index contributed by atoms with van der Waals surface area (Å²) in [5, 5.41) is 11.6. The lowest BCUT2D eigenvalue weighted by atomic mass is 10.1. The number of carboxylic acids is 1. The zero-order chi connectivity index (χ0) is 13.7. The summed E-state index contributed by atoms with van der Waals surface area (Å²) >= 11 is 0. The van der Waals surface area contributed by atoms with Gasteiger partial charge < -0.3 is 10.8 Å². The number of nitrogens with zero attached hydrogens (tertiary/aromatic N) is 3. The molecular formula is C9H7F3N4O2. The fourth-order valence-corrected chi connectivity index (χ4v) is 1.61. The summed E-state index contributed by atoms with van der Waals surface area (Å²) in [5.41, 5.74) is 3.12. The SMILES string of the molecule is Cn1nc(C(F)(F)F)c2c(N)c(C(=O)O)cnc21. The molecule has 0 aromatic carbocycles. The summed E-state index contributed by atoms with van der Waals surface area (Å²) in [6, 6.07) is 0. The van der Waals surface area contributed by atoms with E-state index in [0.29, 0.717) is 0 Å². The highest BCUT2D eigenvalue weighted by atomic mass is 19.4. The van der Waals surface area contributed by atoms with E-state index in [9.17, 15) is 18.0 Å². The van der Waals surface area contributed by atoms with Crippen molar-refractivity contribution >= 4 is 22.7 Å². The molecule has 18 heavy (non-hydrogen) atoms. The Labute approximate surface area is 97.8 Å². The van der Waals surface area contributed by atoms with Crippen LogP contribution in [0, 0.1) is 0 Å². The highest BCUT2D eigenvalue weighted by molar-refractivity contribution is 6.03. The summed E-state index contributed by atoms with van der Waals surface area (Å²) in [7, 11) is 1.27. The molecule has 2 rings (SSSR count). The summed E-state index contributed by atoms with van der Waals surface area (Å²) in [6.07, 6.45) is -3.83. The minimum absolute atomic E-state index is 0.121. The number of carboxylic acid groups (broad SMARTS) is 1. The molecule has 0 aliphatic heterocycles. The third-order valence-corrected chi connectivity index (χ3v) is 2.39. The molecule has 0 saturated carbocycles. The number of carbonyl (C=O) groups is 1. The maximum absolute atomic E-state index is 12.7. The van der Waals surface area contributed by atoms with Crippen molar-refractivity contribution in [3.63, 3.8) is 0 Å². The lowest BCUT2D eigenvalue weighted by molar-refractivity contribution is -0.140. The molecule has 0 aliphatic carbocycles. The molecule has 2 aromatic rings. The Kier molecular flexibility index (Phi) is 2.42. The molecule has 9 heteroatoms. The van der Waals surface area contributed by atoms with Crippen molar-refractivity contribution in [3.8, 4) is 0 Å². The van der Waals surface area contributed by atoms with Crippen LogP contribution >= 0.6 is 0 Å². The molecule has 96 valence electrons. The number of rotatable bonds is 1. The monoisotopic (exact) mass is 260 g/mol. The number of pyridine rings is 1. The summed E-state index contributed by atoms with van der Waals surface area (Å²) in [6.45, 7) is 0. The van der Waals surface area contributed by atoms with E-state index in [1.165, 1.54) is 7.05 Å². The number of fused-ring (bicyclic) bond motifs is 1. The van der Waals surface area contributed by atoms with E-state index in [0.717, 1.165) is 10.9 Å². The molecule has 2 aromatic heterocycles. The van der Waals surface area contributed by atoms with Gasteiger partial charge in [-0.2, -0.15) is 18.3 Å². The molecule has 0 radical (unpaired) electrons. The van der Waals surface area contributed by atoms with Crippen molar-refractivity contribution in [2.45, 2.75) is 6.18 Å². The van der Waals surface area contributed by atoms with E-state index in [1.54, 1.807) is 0 Å². The van der Waals surface area contributed by atoms with E-state index in [2.05, 4.69) is 10.1 Å². The van der Waals surface area contributed by atoms with Gasteiger partial charge in [0, 0.05) is 13.2 Å². The molecule has 2 heterocycles. The number of hydrogen-bond acceptors (Lipinski definition) is 4. The summed E-state index contributed by atoms with van der Waals surface area (Å²) < 4.78 is 39.1. The normalized spacial score (nSPS) is 12.0. The lowest BCUT2D eigenvalue weighted by Gasteiger charge is -2.05. The third kappa shape index (κ3) is 1.63. The standard InChI is InChI=1S/C9H7F3N4O2/c1-16-7-4(6(15-16)9(10,11)12)5(13)3(2-14-7)8(17)18/h2H,1H3,(H2,13,14)(H,17,18). The minimum Gasteiger partial charge on any atom is -0.478 e. The molecular weight excluding hydrogens is 253 g/mol. The van der Waals surface area contributed by atoms with Crippen LogP contribution in [0.15, 0.2) is 6.20 Å². The van der Waals surface area contributed by atoms with Crippen molar-refractivity contribution in [2.75, 3.05) is 5.73 Å². The van der Waals surface area contributed by atoms with E-state index in [4.69, 9.17) is 10.8 Å². The molecule has 3 N–H and O–H groups in total. The molecule has 6 nitrogen and oxygen atoms in total. The predicted molar refractivity (Wildman–Crippen MR) is 54.9 cm³/mol. The maximum atomic E-state index is 12.7. The van der Waals surface area contributed by atoms with Gasteiger partial charge in [-0.25, -0.2) is 14.5 Å². The predicted octanol–water partition coefficient (Wildman–Crippen LogP) is 1.27. The Bertz CT molecular complexity index is 647. The largest absolute Gasteiger partial charge is 0.478 e. The van der Waals surface area contributed by atoms with Gasteiger partial charge in [0.1, 0.15) is 5.56 Å². The minimum atomic E-state index is -4.73. The van der Waals surface area contributed by atoms with Crippen LogP contribution < -0.4 is 5.73 Å².